The molecule has 20 heavy (non-hydrogen) atoms. The second-order valence-corrected chi connectivity index (χ2v) is 4.30. The highest BCUT2D eigenvalue weighted by molar-refractivity contribution is 6.34. The van der Waals surface area contributed by atoms with E-state index in [2.05, 4.69) is 5.32 Å². The zero-order chi connectivity index (χ0) is 14.7. The van der Waals surface area contributed by atoms with Gasteiger partial charge in [0.25, 0.3) is 11.6 Å². The van der Waals surface area contributed by atoms with Crippen molar-refractivity contribution in [2.24, 2.45) is 0 Å². The number of phenols is 1. The Morgan fingerprint density at radius 3 is 2.60 bits per heavy atom. The van der Waals surface area contributed by atoms with Gasteiger partial charge in [0, 0.05) is 12.1 Å². The smallest absolute Gasteiger partial charge is 0.271 e. The van der Waals surface area contributed by atoms with Crippen LogP contribution in [0.4, 0.5) is 11.4 Å². The van der Waals surface area contributed by atoms with Crippen LogP contribution in [0.3, 0.4) is 0 Å². The van der Waals surface area contributed by atoms with Gasteiger partial charge in [0.15, 0.2) is 0 Å². The van der Waals surface area contributed by atoms with Gasteiger partial charge in [-0.1, -0.05) is 23.7 Å². The molecule has 0 aliphatic heterocycles. The van der Waals surface area contributed by atoms with Crippen molar-refractivity contribution in [3.05, 3.63) is 63.2 Å². The minimum Gasteiger partial charge on any atom is -0.506 e. The third-order valence-electron chi connectivity index (χ3n) is 2.56. The molecule has 0 spiro atoms. The summed E-state index contributed by atoms with van der Waals surface area (Å²) < 4.78 is 0. The lowest BCUT2D eigenvalue weighted by Gasteiger charge is -2.08. The molecule has 0 radical (unpaired) electrons. The number of nitrogens with zero attached hydrogens (tertiary/aromatic N) is 1. The molecule has 0 bridgehead atoms. The van der Waals surface area contributed by atoms with E-state index in [1.165, 1.54) is 6.07 Å². The number of carbonyl (C=O) groups is 1. The van der Waals surface area contributed by atoms with Crippen LogP contribution in [-0.4, -0.2) is 15.9 Å². The van der Waals surface area contributed by atoms with Crippen LogP contribution in [-0.2, 0) is 0 Å². The van der Waals surface area contributed by atoms with Gasteiger partial charge in [-0.2, -0.15) is 0 Å². The lowest BCUT2D eigenvalue weighted by atomic mass is 10.2. The van der Waals surface area contributed by atoms with Crippen LogP contribution in [0.1, 0.15) is 10.4 Å². The number of halogens is 1. The maximum absolute atomic E-state index is 12.0. The monoisotopic (exact) mass is 292 g/mol. The normalized spacial score (nSPS) is 10.1. The van der Waals surface area contributed by atoms with Crippen LogP contribution in [0.15, 0.2) is 42.5 Å². The molecule has 1 amide bonds. The molecule has 0 unspecified atom stereocenters. The molecule has 6 nitrogen and oxygen atoms in total. The maximum atomic E-state index is 12.0. The van der Waals surface area contributed by atoms with Crippen molar-refractivity contribution in [2.45, 2.75) is 0 Å². The average molecular weight is 293 g/mol. The van der Waals surface area contributed by atoms with E-state index in [0.717, 1.165) is 18.2 Å². The molecule has 0 saturated carbocycles. The number of hydrogen-bond donors (Lipinski definition) is 2. The van der Waals surface area contributed by atoms with Crippen LogP contribution in [0.25, 0.3) is 0 Å². The second kappa shape index (κ2) is 5.58. The Balaban J connectivity index is 2.30. The number of non-ortho nitro benzene ring substituents is 1. The van der Waals surface area contributed by atoms with Crippen LogP contribution in [0, 0.1) is 10.1 Å². The van der Waals surface area contributed by atoms with Gasteiger partial charge < -0.3 is 10.4 Å². The highest BCUT2D eigenvalue weighted by Gasteiger charge is 2.15. The van der Waals surface area contributed by atoms with Gasteiger partial charge in [-0.25, -0.2) is 0 Å². The van der Waals surface area contributed by atoms with Gasteiger partial charge in [0.05, 0.1) is 21.2 Å². The predicted molar refractivity (Wildman–Crippen MR) is 74.2 cm³/mol. The van der Waals surface area contributed by atoms with Crippen molar-refractivity contribution < 1.29 is 14.8 Å². The van der Waals surface area contributed by atoms with Crippen LogP contribution in [0.2, 0.25) is 5.02 Å². The fraction of sp³-hybridized carbons (Fsp3) is 0. The number of nitro benzene ring substituents is 1. The molecule has 2 aromatic carbocycles. The number of amides is 1. The van der Waals surface area contributed by atoms with Crippen molar-refractivity contribution in [1.82, 2.24) is 0 Å². The topological polar surface area (TPSA) is 92.5 Å². The molecule has 7 heteroatoms. The summed E-state index contributed by atoms with van der Waals surface area (Å²) in [6.07, 6.45) is 0. The summed E-state index contributed by atoms with van der Waals surface area (Å²) in [6.45, 7) is 0. The third-order valence-corrected chi connectivity index (χ3v) is 2.89. The lowest BCUT2D eigenvalue weighted by Crippen LogP contribution is -2.12. The summed E-state index contributed by atoms with van der Waals surface area (Å²) in [7, 11) is 0. The summed E-state index contributed by atoms with van der Waals surface area (Å²) in [6, 6.07) is 9.71. The summed E-state index contributed by atoms with van der Waals surface area (Å²) >= 11 is 5.88. The summed E-state index contributed by atoms with van der Waals surface area (Å²) in [5.74, 6) is -0.831. The first-order chi connectivity index (χ1) is 9.49. The Bertz CT molecular complexity index is 688. The van der Waals surface area contributed by atoms with Gasteiger partial charge in [0.2, 0.25) is 0 Å². The Kier molecular flexibility index (Phi) is 3.86. The second-order valence-electron chi connectivity index (χ2n) is 3.89. The van der Waals surface area contributed by atoms with Gasteiger partial charge in [-0.05, 0) is 18.2 Å². The van der Waals surface area contributed by atoms with Crippen molar-refractivity contribution in [1.29, 1.82) is 0 Å². The summed E-state index contributed by atoms with van der Waals surface area (Å²) in [4.78, 5) is 22.0. The van der Waals surface area contributed by atoms with Gasteiger partial charge in [-0.3, -0.25) is 14.9 Å². The first-order valence-electron chi connectivity index (χ1n) is 5.52. The molecule has 0 atom stereocenters. The maximum Gasteiger partial charge on any atom is 0.271 e. The van der Waals surface area contributed by atoms with Crippen molar-refractivity contribution >= 4 is 28.9 Å². The van der Waals surface area contributed by atoms with E-state index in [4.69, 9.17) is 11.6 Å². The minimum absolute atomic E-state index is 0.0517. The molecule has 0 heterocycles. The molecule has 0 saturated heterocycles. The molecule has 2 rings (SSSR count). The number of hydrogen-bond acceptors (Lipinski definition) is 4. The Morgan fingerprint density at radius 2 is 1.95 bits per heavy atom. The standard InChI is InChI=1S/C13H9ClN2O4/c14-10-4-2-1-3-9(10)13(18)15-11-7-8(16(19)20)5-6-12(11)17/h1-7,17H,(H,15,18). The van der Waals surface area contributed by atoms with Crippen LogP contribution < -0.4 is 5.32 Å². The Hall–Kier alpha value is -2.60. The first-order valence-corrected chi connectivity index (χ1v) is 5.90. The van der Waals surface area contributed by atoms with Crippen molar-refractivity contribution in [3.8, 4) is 5.75 Å². The highest BCUT2D eigenvalue weighted by Crippen LogP contribution is 2.28. The van der Waals surface area contributed by atoms with E-state index in [1.54, 1.807) is 18.2 Å². The zero-order valence-corrected chi connectivity index (χ0v) is 10.8. The number of carbonyl (C=O) groups excluding carboxylic acids is 1. The van der Waals surface area contributed by atoms with E-state index >= 15 is 0 Å². The number of phenolic OH excluding ortho intramolecular Hbond substituents is 1. The fourth-order valence-corrected chi connectivity index (χ4v) is 1.79. The molecule has 2 N–H and O–H groups in total. The van der Waals surface area contributed by atoms with E-state index in [1.807, 2.05) is 0 Å². The van der Waals surface area contributed by atoms with Crippen molar-refractivity contribution in [2.75, 3.05) is 5.32 Å². The van der Waals surface area contributed by atoms with E-state index in [-0.39, 0.29) is 27.7 Å². The number of nitro groups is 1. The van der Waals surface area contributed by atoms with Crippen LogP contribution >= 0.6 is 11.6 Å². The number of benzene rings is 2. The molecular weight excluding hydrogens is 284 g/mol. The summed E-state index contributed by atoms with van der Waals surface area (Å²) in [5, 5.41) is 22.9. The van der Waals surface area contributed by atoms with E-state index in [0.29, 0.717) is 0 Å². The zero-order valence-electron chi connectivity index (χ0n) is 10.0. The van der Waals surface area contributed by atoms with Crippen molar-refractivity contribution in [3.63, 3.8) is 0 Å². The number of anilines is 1. The minimum atomic E-state index is -0.620. The first kappa shape index (κ1) is 13.8. The molecule has 0 aromatic heterocycles. The molecular formula is C13H9ClN2O4. The fourth-order valence-electron chi connectivity index (χ4n) is 1.57. The number of nitrogens with one attached hydrogen (secondary N) is 1. The summed E-state index contributed by atoms with van der Waals surface area (Å²) in [5.41, 5.74) is -0.0820. The van der Waals surface area contributed by atoms with E-state index < -0.39 is 10.8 Å². The largest absolute Gasteiger partial charge is 0.506 e. The van der Waals surface area contributed by atoms with E-state index in [9.17, 15) is 20.0 Å². The average Bonchev–Trinajstić information content (AvgIpc) is 2.41. The van der Waals surface area contributed by atoms with Gasteiger partial charge in [-0.15, -0.1) is 0 Å². The molecule has 2 aromatic rings. The Labute approximate surface area is 118 Å². The lowest BCUT2D eigenvalue weighted by molar-refractivity contribution is -0.384. The quantitative estimate of drug-likeness (QED) is 0.516. The number of rotatable bonds is 3. The van der Waals surface area contributed by atoms with Crippen LogP contribution in [0.5, 0.6) is 5.75 Å². The SMILES string of the molecule is O=C(Nc1cc([N+](=O)[O-])ccc1O)c1ccccc1Cl. The number of aromatic hydroxyl groups is 1. The van der Waals surface area contributed by atoms with Gasteiger partial charge >= 0.3 is 0 Å². The molecule has 0 aliphatic rings. The molecule has 0 aliphatic carbocycles. The Morgan fingerprint density at radius 1 is 1.25 bits per heavy atom. The van der Waals surface area contributed by atoms with Gasteiger partial charge in [0.1, 0.15) is 5.75 Å². The highest BCUT2D eigenvalue weighted by atomic mass is 35.5. The molecule has 102 valence electrons. The third kappa shape index (κ3) is 2.86. The predicted octanol–water partition coefficient (Wildman–Crippen LogP) is 3.21. The molecule has 0 fully saturated rings.